The Balaban J connectivity index is 2.23. The zero-order valence-corrected chi connectivity index (χ0v) is 11.5. The Kier molecular flexibility index (Phi) is 3.93. The zero-order chi connectivity index (χ0) is 14.0. The predicted molar refractivity (Wildman–Crippen MR) is 75.1 cm³/mol. The number of nitrogens with one attached hydrogen (secondary N) is 1. The summed E-state index contributed by atoms with van der Waals surface area (Å²) in [5.74, 6) is -0.624. The number of aromatic hydroxyl groups is 1. The first-order valence-corrected chi connectivity index (χ1v) is 6.15. The number of carbonyl (C=O) groups excluding carboxylic acids is 1. The molecular weight excluding hydrogens is 287 g/mol. The minimum absolute atomic E-state index is 0.136. The highest BCUT2D eigenvalue weighted by atomic mass is 35.5. The number of anilines is 1. The maximum Gasteiger partial charge on any atom is 0.259 e. The molecule has 0 bridgehead atoms. The van der Waals surface area contributed by atoms with Crippen LogP contribution < -0.4 is 5.32 Å². The Morgan fingerprint density at radius 3 is 2.68 bits per heavy atom. The number of phenolic OH excluding ortho intramolecular Hbond substituents is 1. The molecule has 0 radical (unpaired) electrons. The van der Waals surface area contributed by atoms with Crippen LogP contribution in [0.3, 0.4) is 0 Å². The molecule has 4 nitrogen and oxygen atoms in total. The van der Waals surface area contributed by atoms with Crippen LogP contribution in [0.25, 0.3) is 0 Å². The fraction of sp³-hybridized carbons (Fsp3) is 0.0769. The maximum atomic E-state index is 12.0. The van der Waals surface area contributed by atoms with Crippen LogP contribution >= 0.6 is 23.2 Å². The summed E-state index contributed by atoms with van der Waals surface area (Å²) in [4.78, 5) is 15.9. The van der Waals surface area contributed by atoms with E-state index in [1.165, 1.54) is 24.4 Å². The zero-order valence-electron chi connectivity index (χ0n) is 9.95. The molecule has 2 N–H and O–H groups in total. The van der Waals surface area contributed by atoms with E-state index in [2.05, 4.69) is 10.3 Å². The first-order chi connectivity index (χ1) is 8.97. The molecule has 0 aliphatic rings. The molecule has 0 fully saturated rings. The Hall–Kier alpha value is -1.78. The van der Waals surface area contributed by atoms with Crippen LogP contribution in [0.5, 0.6) is 5.75 Å². The summed E-state index contributed by atoms with van der Waals surface area (Å²) in [5, 5.41) is 13.0. The highest BCUT2D eigenvalue weighted by molar-refractivity contribution is 6.31. The number of halogens is 2. The summed E-state index contributed by atoms with van der Waals surface area (Å²) in [6.45, 7) is 1.78. The molecule has 0 aliphatic heterocycles. The third-order valence-corrected chi connectivity index (χ3v) is 3.11. The first kappa shape index (κ1) is 13.6. The molecule has 0 aliphatic carbocycles. The van der Waals surface area contributed by atoms with Crippen LogP contribution in [0.4, 0.5) is 5.69 Å². The molecule has 2 aromatic rings. The molecule has 0 atom stereocenters. The van der Waals surface area contributed by atoms with Gasteiger partial charge in [0, 0.05) is 5.02 Å². The molecule has 0 spiro atoms. The molecule has 6 heteroatoms. The van der Waals surface area contributed by atoms with Gasteiger partial charge in [0.1, 0.15) is 10.9 Å². The average molecular weight is 297 g/mol. The predicted octanol–water partition coefficient (Wildman–Crippen LogP) is 3.65. The Labute approximate surface area is 120 Å². The van der Waals surface area contributed by atoms with Crippen molar-refractivity contribution < 1.29 is 9.90 Å². The van der Waals surface area contributed by atoms with Gasteiger partial charge in [0.2, 0.25) is 0 Å². The summed E-state index contributed by atoms with van der Waals surface area (Å²) < 4.78 is 0. The molecule has 1 heterocycles. The summed E-state index contributed by atoms with van der Waals surface area (Å²) in [6.07, 6.45) is 1.44. The van der Waals surface area contributed by atoms with Crippen molar-refractivity contribution in [3.05, 3.63) is 51.8 Å². The topological polar surface area (TPSA) is 62.2 Å². The lowest BCUT2D eigenvalue weighted by atomic mass is 10.2. The number of hydrogen-bond donors (Lipinski definition) is 2. The second kappa shape index (κ2) is 5.47. The van der Waals surface area contributed by atoms with Gasteiger partial charge in [0.15, 0.2) is 0 Å². The number of hydrogen-bond acceptors (Lipinski definition) is 3. The van der Waals surface area contributed by atoms with E-state index in [-0.39, 0.29) is 11.3 Å². The molecular formula is C13H10Cl2N2O2. The lowest BCUT2D eigenvalue weighted by Crippen LogP contribution is -2.12. The van der Waals surface area contributed by atoms with Crippen molar-refractivity contribution in [3.63, 3.8) is 0 Å². The number of benzene rings is 1. The average Bonchev–Trinajstić information content (AvgIpc) is 2.33. The SMILES string of the molecule is Cc1cc(NC(=O)c2ccc(Cl)cc2O)cnc1Cl. The van der Waals surface area contributed by atoms with Crippen molar-refractivity contribution in [2.75, 3.05) is 5.32 Å². The minimum Gasteiger partial charge on any atom is -0.507 e. The van der Waals surface area contributed by atoms with Gasteiger partial charge in [-0.25, -0.2) is 4.98 Å². The Morgan fingerprint density at radius 1 is 1.32 bits per heavy atom. The summed E-state index contributed by atoms with van der Waals surface area (Å²) >= 11 is 11.5. The van der Waals surface area contributed by atoms with E-state index >= 15 is 0 Å². The summed E-state index contributed by atoms with van der Waals surface area (Å²) in [7, 11) is 0. The first-order valence-electron chi connectivity index (χ1n) is 5.39. The van der Waals surface area contributed by atoms with E-state index in [4.69, 9.17) is 23.2 Å². The monoisotopic (exact) mass is 296 g/mol. The van der Waals surface area contributed by atoms with E-state index in [0.29, 0.717) is 15.9 Å². The number of aromatic nitrogens is 1. The van der Waals surface area contributed by atoms with Gasteiger partial charge in [-0.05, 0) is 36.8 Å². The van der Waals surface area contributed by atoms with Crippen LogP contribution in [-0.4, -0.2) is 16.0 Å². The molecule has 1 amide bonds. The van der Waals surface area contributed by atoms with Crippen molar-refractivity contribution in [1.29, 1.82) is 0 Å². The Morgan fingerprint density at radius 2 is 2.05 bits per heavy atom. The Bertz CT molecular complexity index is 645. The maximum absolute atomic E-state index is 12.0. The molecule has 0 saturated carbocycles. The van der Waals surface area contributed by atoms with E-state index in [9.17, 15) is 9.90 Å². The van der Waals surface area contributed by atoms with E-state index < -0.39 is 5.91 Å². The highest BCUT2D eigenvalue weighted by Gasteiger charge is 2.12. The fourth-order valence-corrected chi connectivity index (χ4v) is 1.79. The van der Waals surface area contributed by atoms with E-state index in [0.717, 1.165) is 5.56 Å². The van der Waals surface area contributed by atoms with Gasteiger partial charge in [-0.15, -0.1) is 0 Å². The van der Waals surface area contributed by atoms with Crippen molar-refractivity contribution in [2.45, 2.75) is 6.92 Å². The molecule has 0 unspecified atom stereocenters. The smallest absolute Gasteiger partial charge is 0.259 e. The van der Waals surface area contributed by atoms with Crippen LogP contribution in [-0.2, 0) is 0 Å². The van der Waals surface area contributed by atoms with Crippen LogP contribution in [0.15, 0.2) is 30.5 Å². The number of carbonyl (C=O) groups is 1. The molecule has 19 heavy (non-hydrogen) atoms. The van der Waals surface area contributed by atoms with E-state index in [1.807, 2.05) is 0 Å². The van der Waals surface area contributed by atoms with Crippen molar-refractivity contribution in [2.24, 2.45) is 0 Å². The largest absolute Gasteiger partial charge is 0.507 e. The fourth-order valence-electron chi connectivity index (χ4n) is 1.52. The van der Waals surface area contributed by atoms with Gasteiger partial charge in [0.25, 0.3) is 5.91 Å². The van der Waals surface area contributed by atoms with Gasteiger partial charge in [-0.2, -0.15) is 0 Å². The van der Waals surface area contributed by atoms with Gasteiger partial charge < -0.3 is 10.4 Å². The van der Waals surface area contributed by atoms with Crippen molar-refractivity contribution >= 4 is 34.8 Å². The third kappa shape index (κ3) is 3.16. The van der Waals surface area contributed by atoms with Gasteiger partial charge >= 0.3 is 0 Å². The number of pyridine rings is 1. The van der Waals surface area contributed by atoms with Gasteiger partial charge in [0.05, 0.1) is 17.4 Å². The molecule has 0 saturated heterocycles. The van der Waals surface area contributed by atoms with Gasteiger partial charge in [-0.3, -0.25) is 4.79 Å². The number of amides is 1. The number of aryl methyl sites for hydroxylation is 1. The molecule has 98 valence electrons. The second-order valence-electron chi connectivity index (χ2n) is 3.95. The van der Waals surface area contributed by atoms with Gasteiger partial charge in [-0.1, -0.05) is 23.2 Å². The van der Waals surface area contributed by atoms with Crippen LogP contribution in [0, 0.1) is 6.92 Å². The number of nitrogens with zero attached hydrogens (tertiary/aromatic N) is 1. The van der Waals surface area contributed by atoms with Crippen molar-refractivity contribution in [1.82, 2.24) is 4.98 Å². The summed E-state index contributed by atoms with van der Waals surface area (Å²) in [6, 6.07) is 5.98. The quantitative estimate of drug-likeness (QED) is 0.832. The number of phenols is 1. The minimum atomic E-state index is -0.447. The third-order valence-electron chi connectivity index (χ3n) is 2.48. The van der Waals surface area contributed by atoms with Crippen molar-refractivity contribution in [3.8, 4) is 5.75 Å². The highest BCUT2D eigenvalue weighted by Crippen LogP contribution is 2.23. The molecule has 1 aromatic carbocycles. The second-order valence-corrected chi connectivity index (χ2v) is 4.74. The lowest BCUT2D eigenvalue weighted by Gasteiger charge is -2.08. The summed E-state index contributed by atoms with van der Waals surface area (Å²) in [5.41, 5.74) is 1.39. The van der Waals surface area contributed by atoms with E-state index in [1.54, 1.807) is 13.0 Å². The standard InChI is InChI=1S/C13H10Cl2N2O2/c1-7-4-9(6-16-12(7)15)17-13(19)10-3-2-8(14)5-11(10)18/h2-6,18H,1H3,(H,17,19). The van der Waals surface area contributed by atoms with Crippen LogP contribution in [0.2, 0.25) is 10.2 Å². The molecule has 2 rings (SSSR count). The van der Waals surface area contributed by atoms with Crippen LogP contribution in [0.1, 0.15) is 15.9 Å². The lowest BCUT2D eigenvalue weighted by molar-refractivity contribution is 0.102. The number of rotatable bonds is 2. The normalized spacial score (nSPS) is 10.3. The molecule has 1 aromatic heterocycles.